The first-order valence-corrected chi connectivity index (χ1v) is 7.83. The lowest BCUT2D eigenvalue weighted by Gasteiger charge is -2.35. The largest absolute Gasteiger partial charge is 0.497 e. The standard InChI is InChI=1S/C17H23NO6/c1-12-8-18(9-13(2)24-12)16(19)10-23-17(20)11-22-15-6-4-14(21-3)5-7-15/h4-7,12-13H,8-11H2,1-3H3/t12-,13-/m1/s1. The minimum Gasteiger partial charge on any atom is -0.497 e. The summed E-state index contributed by atoms with van der Waals surface area (Å²) < 4.78 is 20.9. The molecule has 0 bridgehead atoms. The van der Waals surface area contributed by atoms with Gasteiger partial charge in [0.05, 0.1) is 19.3 Å². The highest BCUT2D eigenvalue weighted by molar-refractivity contribution is 5.81. The second kappa shape index (κ2) is 8.54. The molecule has 24 heavy (non-hydrogen) atoms. The van der Waals surface area contributed by atoms with Crippen LogP contribution in [-0.2, 0) is 19.1 Å². The van der Waals surface area contributed by atoms with Crippen molar-refractivity contribution in [2.24, 2.45) is 0 Å². The molecule has 0 spiro atoms. The summed E-state index contributed by atoms with van der Waals surface area (Å²) in [5.41, 5.74) is 0. The highest BCUT2D eigenvalue weighted by atomic mass is 16.6. The van der Waals surface area contributed by atoms with Gasteiger partial charge < -0.3 is 23.8 Å². The van der Waals surface area contributed by atoms with Crippen molar-refractivity contribution >= 4 is 11.9 Å². The number of rotatable bonds is 6. The lowest BCUT2D eigenvalue weighted by molar-refractivity contribution is -0.158. The van der Waals surface area contributed by atoms with Crippen molar-refractivity contribution in [1.82, 2.24) is 4.90 Å². The minimum absolute atomic E-state index is 0.0215. The van der Waals surface area contributed by atoms with Crippen LogP contribution in [-0.4, -0.2) is 62.4 Å². The van der Waals surface area contributed by atoms with E-state index in [1.807, 2.05) is 13.8 Å². The molecule has 7 heteroatoms. The molecule has 1 saturated heterocycles. The Morgan fingerprint density at radius 1 is 1.08 bits per heavy atom. The number of carbonyl (C=O) groups is 2. The lowest BCUT2D eigenvalue weighted by atomic mass is 10.2. The number of esters is 1. The van der Waals surface area contributed by atoms with E-state index in [-0.39, 0.29) is 31.3 Å². The number of ether oxygens (including phenoxy) is 4. The third-order valence-electron chi connectivity index (χ3n) is 3.55. The van der Waals surface area contributed by atoms with Crippen molar-refractivity contribution in [3.63, 3.8) is 0 Å². The maximum absolute atomic E-state index is 12.1. The van der Waals surface area contributed by atoms with Gasteiger partial charge in [-0.25, -0.2) is 4.79 Å². The molecule has 2 atom stereocenters. The molecular formula is C17H23NO6. The Balaban J connectivity index is 1.71. The Hall–Kier alpha value is -2.28. The van der Waals surface area contributed by atoms with Crippen molar-refractivity contribution in [3.8, 4) is 11.5 Å². The molecule has 7 nitrogen and oxygen atoms in total. The zero-order valence-corrected chi connectivity index (χ0v) is 14.2. The van der Waals surface area contributed by atoms with Crippen molar-refractivity contribution in [1.29, 1.82) is 0 Å². The van der Waals surface area contributed by atoms with Crippen LogP contribution < -0.4 is 9.47 Å². The summed E-state index contributed by atoms with van der Waals surface area (Å²) in [5, 5.41) is 0. The molecule has 1 amide bonds. The number of amides is 1. The van der Waals surface area contributed by atoms with Gasteiger partial charge in [-0.1, -0.05) is 0 Å². The van der Waals surface area contributed by atoms with E-state index in [0.29, 0.717) is 24.6 Å². The molecule has 132 valence electrons. The summed E-state index contributed by atoms with van der Waals surface area (Å²) in [6, 6.07) is 6.83. The molecule has 1 fully saturated rings. The Bertz CT molecular complexity index is 549. The van der Waals surface area contributed by atoms with E-state index in [1.54, 1.807) is 36.3 Å². The van der Waals surface area contributed by atoms with Gasteiger partial charge in [0.2, 0.25) is 0 Å². The van der Waals surface area contributed by atoms with E-state index >= 15 is 0 Å². The number of benzene rings is 1. The van der Waals surface area contributed by atoms with Gasteiger partial charge in [0.1, 0.15) is 11.5 Å². The average molecular weight is 337 g/mol. The van der Waals surface area contributed by atoms with Gasteiger partial charge in [-0.05, 0) is 38.1 Å². The molecule has 1 aliphatic rings. The third-order valence-corrected chi connectivity index (χ3v) is 3.55. The van der Waals surface area contributed by atoms with Gasteiger partial charge in [0.25, 0.3) is 5.91 Å². The van der Waals surface area contributed by atoms with E-state index in [0.717, 1.165) is 0 Å². The van der Waals surface area contributed by atoms with Gasteiger partial charge in [0, 0.05) is 13.1 Å². The van der Waals surface area contributed by atoms with Gasteiger partial charge in [0.15, 0.2) is 13.2 Å². The zero-order chi connectivity index (χ0) is 17.5. The molecule has 1 heterocycles. The van der Waals surface area contributed by atoms with Crippen LogP contribution in [0, 0.1) is 0 Å². The summed E-state index contributed by atoms with van der Waals surface area (Å²) in [6.07, 6.45) is -0.0430. The van der Waals surface area contributed by atoms with Crippen LogP contribution in [0.3, 0.4) is 0 Å². The highest BCUT2D eigenvalue weighted by Gasteiger charge is 2.26. The quantitative estimate of drug-likeness (QED) is 0.728. The summed E-state index contributed by atoms with van der Waals surface area (Å²) >= 11 is 0. The summed E-state index contributed by atoms with van der Waals surface area (Å²) in [4.78, 5) is 25.4. The van der Waals surface area contributed by atoms with Crippen LogP contribution in [0.15, 0.2) is 24.3 Å². The van der Waals surface area contributed by atoms with Gasteiger partial charge in [-0.2, -0.15) is 0 Å². The zero-order valence-electron chi connectivity index (χ0n) is 14.2. The molecule has 1 aromatic carbocycles. The molecular weight excluding hydrogens is 314 g/mol. The Labute approximate surface area is 141 Å². The molecule has 2 rings (SSSR count). The molecule has 0 unspecified atom stereocenters. The molecule has 0 aromatic heterocycles. The molecule has 0 N–H and O–H groups in total. The maximum atomic E-state index is 12.1. The Morgan fingerprint density at radius 3 is 2.25 bits per heavy atom. The monoisotopic (exact) mass is 337 g/mol. The SMILES string of the molecule is COc1ccc(OCC(=O)OCC(=O)N2C[C@@H](C)O[C@H](C)C2)cc1. The number of nitrogens with zero attached hydrogens (tertiary/aromatic N) is 1. The number of morpholine rings is 1. The lowest BCUT2D eigenvalue weighted by Crippen LogP contribution is -2.49. The van der Waals surface area contributed by atoms with Crippen LogP contribution in [0.4, 0.5) is 0 Å². The summed E-state index contributed by atoms with van der Waals surface area (Å²) in [5.74, 6) is 0.405. The smallest absolute Gasteiger partial charge is 0.344 e. The minimum atomic E-state index is -0.589. The normalized spacial score (nSPS) is 20.4. The number of methoxy groups -OCH3 is 1. The predicted octanol–water partition coefficient (Wildman–Crippen LogP) is 1.25. The molecule has 0 radical (unpaired) electrons. The van der Waals surface area contributed by atoms with E-state index in [2.05, 4.69) is 0 Å². The first-order chi connectivity index (χ1) is 11.5. The van der Waals surface area contributed by atoms with E-state index in [4.69, 9.17) is 18.9 Å². The van der Waals surface area contributed by atoms with Gasteiger partial charge >= 0.3 is 5.97 Å². The van der Waals surface area contributed by atoms with Crippen molar-refractivity contribution in [2.75, 3.05) is 33.4 Å². The Kier molecular flexibility index (Phi) is 6.43. The van der Waals surface area contributed by atoms with Crippen LogP contribution in [0.2, 0.25) is 0 Å². The van der Waals surface area contributed by atoms with Gasteiger partial charge in [-0.15, -0.1) is 0 Å². The van der Waals surface area contributed by atoms with E-state index in [9.17, 15) is 9.59 Å². The second-order valence-corrected chi connectivity index (χ2v) is 5.68. The van der Waals surface area contributed by atoms with Crippen molar-refractivity contribution in [3.05, 3.63) is 24.3 Å². The number of hydrogen-bond acceptors (Lipinski definition) is 6. The summed E-state index contributed by atoms with van der Waals surface area (Å²) in [7, 11) is 1.57. The van der Waals surface area contributed by atoms with E-state index in [1.165, 1.54) is 0 Å². The molecule has 1 aliphatic heterocycles. The van der Waals surface area contributed by atoms with Crippen LogP contribution in [0.25, 0.3) is 0 Å². The fourth-order valence-corrected chi connectivity index (χ4v) is 2.47. The predicted molar refractivity (Wildman–Crippen MR) is 86.0 cm³/mol. The number of hydrogen-bond donors (Lipinski definition) is 0. The molecule has 0 saturated carbocycles. The average Bonchev–Trinajstić information content (AvgIpc) is 2.57. The van der Waals surface area contributed by atoms with E-state index < -0.39 is 5.97 Å². The molecule has 0 aliphatic carbocycles. The number of carbonyl (C=O) groups excluding carboxylic acids is 2. The van der Waals surface area contributed by atoms with Crippen molar-refractivity contribution in [2.45, 2.75) is 26.1 Å². The van der Waals surface area contributed by atoms with Crippen molar-refractivity contribution < 1.29 is 28.5 Å². The Morgan fingerprint density at radius 2 is 1.67 bits per heavy atom. The first kappa shape index (κ1) is 18.1. The van der Waals surface area contributed by atoms with Gasteiger partial charge in [-0.3, -0.25) is 4.79 Å². The maximum Gasteiger partial charge on any atom is 0.344 e. The fraction of sp³-hybridized carbons (Fsp3) is 0.529. The highest BCUT2D eigenvalue weighted by Crippen LogP contribution is 2.17. The summed E-state index contributed by atoms with van der Waals surface area (Å²) in [6.45, 7) is 4.28. The van der Waals surface area contributed by atoms with Crippen LogP contribution in [0.5, 0.6) is 11.5 Å². The second-order valence-electron chi connectivity index (χ2n) is 5.68. The first-order valence-electron chi connectivity index (χ1n) is 7.83. The van der Waals surface area contributed by atoms with Crippen LogP contribution >= 0.6 is 0 Å². The molecule has 1 aromatic rings. The fourth-order valence-electron chi connectivity index (χ4n) is 2.47. The third kappa shape index (κ3) is 5.42. The van der Waals surface area contributed by atoms with Crippen LogP contribution in [0.1, 0.15) is 13.8 Å². The topological polar surface area (TPSA) is 74.3 Å².